The number of ether oxygens (including phenoxy) is 2. The molecule has 130 valence electrons. The van der Waals surface area contributed by atoms with Crippen LogP contribution in [0.2, 0.25) is 0 Å². The molecule has 1 aromatic heterocycles. The molecule has 0 spiro atoms. The second kappa shape index (κ2) is 8.30. The molecule has 1 aromatic carbocycles. The fourth-order valence-corrected chi connectivity index (χ4v) is 3.39. The van der Waals surface area contributed by atoms with E-state index in [0.717, 1.165) is 0 Å². The Balaban J connectivity index is 2.51. The van der Waals surface area contributed by atoms with Gasteiger partial charge in [0.1, 0.15) is 5.25 Å². The first-order valence-electron chi connectivity index (χ1n) is 7.83. The number of hydrogen-bond donors (Lipinski definition) is 0. The minimum atomic E-state index is -0.459. The Morgan fingerprint density at radius 1 is 1.33 bits per heavy atom. The molecule has 0 aliphatic carbocycles. The van der Waals surface area contributed by atoms with E-state index in [-0.39, 0.29) is 17.6 Å². The highest BCUT2D eigenvalue weighted by Gasteiger charge is 2.22. The Kier molecular flexibility index (Phi) is 6.39. The van der Waals surface area contributed by atoms with E-state index >= 15 is 0 Å². The molecule has 0 bridgehead atoms. The summed E-state index contributed by atoms with van der Waals surface area (Å²) in [5, 5.41) is 0.580. The van der Waals surface area contributed by atoms with Gasteiger partial charge in [-0.15, -0.1) is 0 Å². The van der Waals surface area contributed by atoms with E-state index in [0.29, 0.717) is 29.3 Å². The summed E-state index contributed by atoms with van der Waals surface area (Å²) >= 11 is 1.22. The van der Waals surface area contributed by atoms with E-state index < -0.39 is 5.25 Å². The molecule has 0 unspecified atom stereocenters. The van der Waals surface area contributed by atoms with Gasteiger partial charge in [0.25, 0.3) is 5.56 Å². The molecule has 0 amide bonds. The third-order valence-corrected chi connectivity index (χ3v) is 4.57. The highest BCUT2D eigenvalue weighted by Crippen LogP contribution is 2.25. The summed E-state index contributed by atoms with van der Waals surface area (Å²) in [5.41, 5.74) is 0.477. The number of nitrogens with zero attached hydrogens (tertiary/aromatic N) is 2. The molecule has 24 heavy (non-hydrogen) atoms. The van der Waals surface area contributed by atoms with Crippen molar-refractivity contribution in [3.8, 4) is 0 Å². The van der Waals surface area contributed by atoms with Crippen molar-refractivity contribution in [3.05, 3.63) is 34.6 Å². The van der Waals surface area contributed by atoms with Crippen LogP contribution in [0, 0.1) is 0 Å². The molecular formula is C17H22N2O4S. The summed E-state index contributed by atoms with van der Waals surface area (Å²) in [4.78, 5) is 29.4. The molecule has 7 heteroatoms. The molecule has 0 N–H and O–H groups in total. The summed E-state index contributed by atoms with van der Waals surface area (Å²) in [7, 11) is 1.59. The van der Waals surface area contributed by atoms with Gasteiger partial charge in [-0.2, -0.15) is 0 Å². The molecule has 0 saturated heterocycles. The number of thioether (sulfide) groups is 1. The number of aromatic nitrogens is 2. The van der Waals surface area contributed by atoms with Gasteiger partial charge in [0, 0.05) is 7.11 Å². The van der Waals surface area contributed by atoms with Gasteiger partial charge in [-0.1, -0.05) is 23.9 Å². The Hall–Kier alpha value is -1.86. The third-order valence-electron chi connectivity index (χ3n) is 3.52. The predicted molar refractivity (Wildman–Crippen MR) is 94.5 cm³/mol. The third kappa shape index (κ3) is 3.96. The lowest BCUT2D eigenvalue weighted by atomic mass is 10.2. The van der Waals surface area contributed by atoms with Crippen LogP contribution < -0.4 is 5.56 Å². The first-order chi connectivity index (χ1) is 11.5. The minimum absolute atomic E-state index is 0.135. The van der Waals surface area contributed by atoms with Gasteiger partial charge in [-0.3, -0.25) is 14.2 Å². The Morgan fingerprint density at radius 3 is 2.71 bits per heavy atom. The largest absolute Gasteiger partial charge is 0.465 e. The molecule has 0 aliphatic rings. The quantitative estimate of drug-likeness (QED) is 0.434. The predicted octanol–water partition coefficient (Wildman–Crippen LogP) is 2.65. The second-order valence-corrected chi connectivity index (χ2v) is 6.71. The zero-order valence-corrected chi connectivity index (χ0v) is 15.1. The van der Waals surface area contributed by atoms with Crippen molar-refractivity contribution < 1.29 is 14.3 Å². The Bertz CT molecular complexity index is 775. The van der Waals surface area contributed by atoms with Crippen LogP contribution in [-0.2, 0) is 14.3 Å². The molecule has 0 radical (unpaired) electrons. The number of rotatable bonds is 7. The number of esters is 1. The summed E-state index contributed by atoms with van der Waals surface area (Å²) in [6.45, 7) is 6.10. The van der Waals surface area contributed by atoms with Crippen molar-refractivity contribution in [2.75, 3.05) is 20.3 Å². The van der Waals surface area contributed by atoms with Crippen LogP contribution in [0.5, 0.6) is 0 Å². The number of carbonyl (C=O) groups is 1. The lowest BCUT2D eigenvalue weighted by molar-refractivity contribution is -0.142. The Labute approximate surface area is 145 Å². The number of fused-ring (bicyclic) bond motifs is 1. The summed E-state index contributed by atoms with van der Waals surface area (Å²) < 4.78 is 11.8. The number of para-hydroxylation sites is 1. The maximum Gasteiger partial charge on any atom is 0.319 e. The highest BCUT2D eigenvalue weighted by molar-refractivity contribution is 8.00. The van der Waals surface area contributed by atoms with Crippen LogP contribution in [0.1, 0.15) is 26.8 Å². The number of hydrogen-bond acceptors (Lipinski definition) is 6. The molecule has 0 saturated carbocycles. The average molecular weight is 350 g/mol. The number of carbonyl (C=O) groups excluding carboxylic acids is 1. The van der Waals surface area contributed by atoms with Gasteiger partial charge >= 0.3 is 5.97 Å². The highest BCUT2D eigenvalue weighted by atomic mass is 32.2. The van der Waals surface area contributed by atoms with Gasteiger partial charge in [0.15, 0.2) is 5.16 Å². The lowest BCUT2D eigenvalue weighted by Gasteiger charge is -2.20. The van der Waals surface area contributed by atoms with E-state index in [1.165, 1.54) is 11.8 Å². The van der Waals surface area contributed by atoms with E-state index in [2.05, 4.69) is 4.98 Å². The van der Waals surface area contributed by atoms with Gasteiger partial charge in [0.05, 0.1) is 30.2 Å². The van der Waals surface area contributed by atoms with Crippen molar-refractivity contribution in [2.24, 2.45) is 0 Å². The van der Waals surface area contributed by atoms with Crippen LogP contribution in [0.4, 0.5) is 0 Å². The van der Waals surface area contributed by atoms with Gasteiger partial charge < -0.3 is 9.47 Å². The van der Waals surface area contributed by atoms with Crippen molar-refractivity contribution in [1.82, 2.24) is 9.55 Å². The van der Waals surface area contributed by atoms with Crippen LogP contribution >= 0.6 is 11.8 Å². The first-order valence-corrected chi connectivity index (χ1v) is 8.71. The molecular weight excluding hydrogens is 328 g/mol. The molecule has 0 aliphatic heterocycles. The topological polar surface area (TPSA) is 70.4 Å². The first kappa shape index (κ1) is 18.5. The molecule has 0 fully saturated rings. The SMILES string of the molecule is CCOC(=O)[C@@H](C)Sc1nc2ccccc2c(=O)n1[C@H](C)COC. The van der Waals surface area contributed by atoms with Gasteiger partial charge in [-0.25, -0.2) is 4.98 Å². The molecule has 2 aromatic rings. The maximum absolute atomic E-state index is 12.9. The van der Waals surface area contributed by atoms with E-state index in [9.17, 15) is 9.59 Å². The summed E-state index contributed by atoms with van der Waals surface area (Å²) in [6.07, 6.45) is 0. The second-order valence-electron chi connectivity index (χ2n) is 5.40. The molecule has 6 nitrogen and oxygen atoms in total. The van der Waals surface area contributed by atoms with Crippen molar-refractivity contribution in [3.63, 3.8) is 0 Å². The number of methoxy groups -OCH3 is 1. The smallest absolute Gasteiger partial charge is 0.319 e. The standard InChI is InChI=1S/C17H22N2O4S/c1-5-23-16(21)12(3)24-17-18-14-9-7-6-8-13(14)15(20)19(17)11(2)10-22-4/h6-9,11-12H,5,10H2,1-4H3/t11-,12-/m1/s1. The van der Waals surface area contributed by atoms with Crippen molar-refractivity contribution in [1.29, 1.82) is 0 Å². The zero-order valence-electron chi connectivity index (χ0n) is 14.3. The lowest BCUT2D eigenvalue weighted by Crippen LogP contribution is -2.29. The van der Waals surface area contributed by atoms with Crippen LogP contribution in [0.3, 0.4) is 0 Å². The van der Waals surface area contributed by atoms with Gasteiger partial charge in [-0.05, 0) is 32.9 Å². The zero-order chi connectivity index (χ0) is 17.7. The molecule has 1 heterocycles. The fourth-order valence-electron chi connectivity index (χ4n) is 2.38. The van der Waals surface area contributed by atoms with Crippen molar-refractivity contribution in [2.45, 2.75) is 37.2 Å². The minimum Gasteiger partial charge on any atom is -0.465 e. The maximum atomic E-state index is 12.9. The summed E-state index contributed by atoms with van der Waals surface area (Å²) in [5.74, 6) is -0.323. The average Bonchev–Trinajstić information content (AvgIpc) is 2.55. The van der Waals surface area contributed by atoms with E-state index in [4.69, 9.17) is 9.47 Å². The van der Waals surface area contributed by atoms with Crippen molar-refractivity contribution >= 4 is 28.6 Å². The molecule has 2 atom stereocenters. The van der Waals surface area contributed by atoms with Gasteiger partial charge in [0.2, 0.25) is 0 Å². The van der Waals surface area contributed by atoms with Crippen LogP contribution in [0.25, 0.3) is 10.9 Å². The normalized spacial score (nSPS) is 13.7. The Morgan fingerprint density at radius 2 is 2.04 bits per heavy atom. The van der Waals surface area contributed by atoms with Crippen LogP contribution in [0.15, 0.2) is 34.2 Å². The van der Waals surface area contributed by atoms with E-state index in [1.54, 1.807) is 37.7 Å². The summed E-state index contributed by atoms with van der Waals surface area (Å²) in [6, 6.07) is 6.99. The monoisotopic (exact) mass is 350 g/mol. The van der Waals surface area contributed by atoms with E-state index in [1.807, 2.05) is 19.1 Å². The molecule has 2 rings (SSSR count). The fraction of sp³-hybridized carbons (Fsp3) is 0.471. The van der Waals surface area contributed by atoms with Crippen LogP contribution in [-0.4, -0.2) is 41.1 Å². The number of benzene rings is 1.